The molecule has 0 saturated heterocycles. The van der Waals surface area contributed by atoms with Gasteiger partial charge >= 0.3 is 5.97 Å². The Bertz CT molecular complexity index is 519. The molecule has 0 bridgehead atoms. The van der Waals surface area contributed by atoms with E-state index in [1.165, 1.54) is 12.5 Å². The molecule has 0 aromatic heterocycles. The van der Waals surface area contributed by atoms with Crippen LogP contribution in [0, 0.1) is 0 Å². The predicted molar refractivity (Wildman–Crippen MR) is 86.8 cm³/mol. The van der Waals surface area contributed by atoms with Crippen molar-refractivity contribution in [2.45, 2.75) is 37.8 Å². The van der Waals surface area contributed by atoms with E-state index in [1.54, 1.807) is 0 Å². The number of hydrogen-bond donors (Lipinski definition) is 5. The topological polar surface area (TPSA) is 174 Å². The van der Waals surface area contributed by atoms with E-state index < -0.39 is 29.9 Å². The lowest BCUT2D eigenvalue weighted by Crippen LogP contribution is -2.52. The number of carbonyl (C=O) groups is 3. The van der Waals surface area contributed by atoms with E-state index >= 15 is 0 Å². The molecule has 133 valence electrons. The molecule has 1 aliphatic heterocycles. The molecule has 0 aromatic carbocycles. The van der Waals surface area contributed by atoms with Crippen LogP contribution in [0.2, 0.25) is 0 Å². The molecule has 0 aromatic rings. The van der Waals surface area contributed by atoms with Crippen LogP contribution in [0.1, 0.15) is 25.7 Å². The summed E-state index contributed by atoms with van der Waals surface area (Å²) in [5, 5.41) is 18.0. The highest BCUT2D eigenvalue weighted by atomic mass is 16.4. The standard InChI is InChI=1S/C14H23N6O4/c15-4-2-1-3-10(14(23)24)20-13(22)11(19-12(21)6-16)5-9-7-17-8-18-9/h7-8,10-11H,1-6,15-16H2,(H,19,21)(H,20,22)(H,23,24). The largest absolute Gasteiger partial charge is 0.480 e. The number of unbranched alkanes of at least 4 members (excludes halogenated alkanes) is 1. The van der Waals surface area contributed by atoms with Gasteiger partial charge < -0.3 is 27.2 Å². The van der Waals surface area contributed by atoms with E-state index in [2.05, 4.69) is 20.9 Å². The Morgan fingerprint density at radius 1 is 1.17 bits per heavy atom. The van der Waals surface area contributed by atoms with Gasteiger partial charge in [-0.15, -0.1) is 0 Å². The number of nitrogens with zero attached hydrogens (tertiary/aromatic N) is 2. The van der Waals surface area contributed by atoms with Crippen molar-refractivity contribution in [2.75, 3.05) is 13.1 Å². The van der Waals surface area contributed by atoms with Crippen molar-refractivity contribution < 1.29 is 19.5 Å². The summed E-state index contributed by atoms with van der Waals surface area (Å²) >= 11 is 0. The highest BCUT2D eigenvalue weighted by Crippen LogP contribution is 2.09. The SMILES string of the molecule is NCCCCC(NC(=O)C(CC1=CN=C[N]1)NC(=O)CN)C(=O)O. The smallest absolute Gasteiger partial charge is 0.326 e. The number of aliphatic imine (C=N–C) groups is 1. The summed E-state index contributed by atoms with van der Waals surface area (Å²) in [5.41, 5.74) is 11.1. The van der Waals surface area contributed by atoms with E-state index in [-0.39, 0.29) is 19.4 Å². The monoisotopic (exact) mass is 339 g/mol. The second-order valence-electron chi connectivity index (χ2n) is 5.23. The van der Waals surface area contributed by atoms with Gasteiger partial charge in [-0.05, 0) is 25.8 Å². The first-order valence-electron chi connectivity index (χ1n) is 7.62. The zero-order chi connectivity index (χ0) is 17.9. The molecule has 24 heavy (non-hydrogen) atoms. The lowest BCUT2D eigenvalue weighted by atomic mass is 10.1. The minimum absolute atomic E-state index is 0.0900. The predicted octanol–water partition coefficient (Wildman–Crippen LogP) is -1.99. The number of nitrogens with two attached hydrogens (primary N) is 2. The van der Waals surface area contributed by atoms with Gasteiger partial charge in [0.15, 0.2) is 0 Å². The molecular weight excluding hydrogens is 316 g/mol. The molecule has 0 fully saturated rings. The summed E-state index contributed by atoms with van der Waals surface area (Å²) < 4.78 is 0. The van der Waals surface area contributed by atoms with Gasteiger partial charge in [-0.2, -0.15) is 0 Å². The van der Waals surface area contributed by atoms with Crippen molar-refractivity contribution in [3.63, 3.8) is 0 Å². The van der Waals surface area contributed by atoms with Crippen LogP contribution in [-0.2, 0) is 14.4 Å². The first-order chi connectivity index (χ1) is 11.5. The van der Waals surface area contributed by atoms with Crippen LogP contribution in [0.15, 0.2) is 16.9 Å². The van der Waals surface area contributed by atoms with Gasteiger partial charge in [0.1, 0.15) is 18.4 Å². The van der Waals surface area contributed by atoms with E-state index in [1.807, 2.05) is 0 Å². The molecule has 1 rings (SSSR count). The average molecular weight is 339 g/mol. The summed E-state index contributed by atoms with van der Waals surface area (Å²) in [6.45, 7) is 0.167. The molecule has 1 aliphatic rings. The second-order valence-corrected chi connectivity index (χ2v) is 5.23. The molecule has 0 spiro atoms. The maximum atomic E-state index is 12.4. The van der Waals surface area contributed by atoms with Gasteiger partial charge in [-0.25, -0.2) is 15.1 Å². The molecule has 0 saturated carbocycles. The number of carbonyl (C=O) groups excluding carboxylic acids is 2. The number of amides is 2. The Balaban J connectivity index is 2.69. The Morgan fingerprint density at radius 2 is 1.92 bits per heavy atom. The molecule has 10 heteroatoms. The minimum Gasteiger partial charge on any atom is -0.480 e. The number of nitrogens with one attached hydrogen (secondary N) is 2. The maximum absolute atomic E-state index is 12.4. The summed E-state index contributed by atoms with van der Waals surface area (Å²) in [5.74, 6) is -2.28. The highest BCUT2D eigenvalue weighted by molar-refractivity contribution is 5.91. The summed E-state index contributed by atoms with van der Waals surface area (Å²) in [6, 6.07) is -2.03. The molecular formula is C14H23N6O4. The fourth-order valence-corrected chi connectivity index (χ4v) is 2.06. The zero-order valence-corrected chi connectivity index (χ0v) is 13.3. The average Bonchev–Trinajstić information content (AvgIpc) is 3.06. The summed E-state index contributed by atoms with van der Waals surface area (Å²) in [4.78, 5) is 38.9. The Kier molecular flexibility index (Phi) is 8.44. The van der Waals surface area contributed by atoms with Gasteiger partial charge in [0.05, 0.1) is 18.4 Å². The van der Waals surface area contributed by atoms with E-state index in [0.717, 1.165) is 0 Å². The zero-order valence-electron chi connectivity index (χ0n) is 13.3. The fraction of sp³-hybridized carbons (Fsp3) is 0.571. The van der Waals surface area contributed by atoms with Crippen molar-refractivity contribution in [3.8, 4) is 0 Å². The molecule has 10 nitrogen and oxygen atoms in total. The number of aliphatic carboxylic acids is 1. The third kappa shape index (κ3) is 6.75. The number of carboxylic acids is 1. The lowest BCUT2D eigenvalue weighted by Gasteiger charge is -2.21. The minimum atomic E-state index is -1.14. The van der Waals surface area contributed by atoms with Crippen LogP contribution in [0.5, 0.6) is 0 Å². The van der Waals surface area contributed by atoms with Crippen molar-refractivity contribution in [1.82, 2.24) is 16.0 Å². The quantitative estimate of drug-likeness (QED) is 0.272. The van der Waals surface area contributed by atoms with Crippen molar-refractivity contribution in [2.24, 2.45) is 16.5 Å². The molecule has 1 radical (unpaired) electrons. The van der Waals surface area contributed by atoms with Crippen LogP contribution < -0.4 is 27.4 Å². The molecule has 1 heterocycles. The lowest BCUT2D eigenvalue weighted by molar-refractivity contribution is -0.142. The Morgan fingerprint density at radius 3 is 2.46 bits per heavy atom. The van der Waals surface area contributed by atoms with Crippen molar-refractivity contribution in [1.29, 1.82) is 0 Å². The van der Waals surface area contributed by atoms with Gasteiger partial charge in [-0.3, -0.25) is 9.59 Å². The maximum Gasteiger partial charge on any atom is 0.326 e. The Hall–Kier alpha value is -2.46. The van der Waals surface area contributed by atoms with E-state index in [4.69, 9.17) is 11.5 Å². The number of hydrogen-bond acceptors (Lipinski definition) is 6. The van der Waals surface area contributed by atoms with Crippen LogP contribution in [0.25, 0.3) is 0 Å². The Labute approximate surface area is 139 Å². The third-order valence-electron chi connectivity index (χ3n) is 3.33. The fourth-order valence-electron chi connectivity index (χ4n) is 2.06. The highest BCUT2D eigenvalue weighted by Gasteiger charge is 2.27. The van der Waals surface area contributed by atoms with Gasteiger partial charge in [0.25, 0.3) is 0 Å². The van der Waals surface area contributed by atoms with Crippen molar-refractivity contribution >= 4 is 24.1 Å². The van der Waals surface area contributed by atoms with Crippen LogP contribution in [0.3, 0.4) is 0 Å². The van der Waals surface area contributed by atoms with Gasteiger partial charge in [0.2, 0.25) is 11.8 Å². The summed E-state index contributed by atoms with van der Waals surface area (Å²) in [6.07, 6.45) is 4.36. The molecule has 0 aliphatic carbocycles. The molecule has 2 amide bonds. The molecule has 7 N–H and O–H groups in total. The van der Waals surface area contributed by atoms with Crippen LogP contribution in [-0.4, -0.2) is 54.4 Å². The third-order valence-corrected chi connectivity index (χ3v) is 3.33. The van der Waals surface area contributed by atoms with Gasteiger partial charge in [0, 0.05) is 6.42 Å². The summed E-state index contributed by atoms with van der Waals surface area (Å²) in [7, 11) is 0. The van der Waals surface area contributed by atoms with E-state index in [0.29, 0.717) is 25.1 Å². The van der Waals surface area contributed by atoms with Crippen LogP contribution in [0.4, 0.5) is 0 Å². The first-order valence-corrected chi connectivity index (χ1v) is 7.62. The van der Waals surface area contributed by atoms with Crippen LogP contribution >= 0.6 is 0 Å². The first kappa shape index (κ1) is 19.6. The number of rotatable bonds is 11. The van der Waals surface area contributed by atoms with Gasteiger partial charge in [-0.1, -0.05) is 0 Å². The second kappa shape index (κ2) is 10.3. The number of carboxylic acid groups (broad SMARTS) is 1. The van der Waals surface area contributed by atoms with Crippen molar-refractivity contribution in [3.05, 3.63) is 11.9 Å². The molecule has 2 unspecified atom stereocenters. The molecule has 2 atom stereocenters. The van der Waals surface area contributed by atoms with E-state index in [9.17, 15) is 19.5 Å². The normalized spacial score (nSPS) is 15.2.